The van der Waals surface area contributed by atoms with E-state index < -0.39 is 0 Å². The molecule has 0 amide bonds. The van der Waals surface area contributed by atoms with E-state index in [4.69, 9.17) is 21.1 Å². The van der Waals surface area contributed by atoms with E-state index in [2.05, 4.69) is 16.4 Å². The largest absolute Gasteiger partial charge is 0.490 e. The maximum absolute atomic E-state index is 5.82. The van der Waals surface area contributed by atoms with Crippen LogP contribution in [0.3, 0.4) is 0 Å². The molecule has 1 aromatic carbocycles. The van der Waals surface area contributed by atoms with Crippen molar-refractivity contribution < 1.29 is 9.47 Å². The maximum atomic E-state index is 5.82. The number of pyridine rings is 1. The second-order valence-electron chi connectivity index (χ2n) is 4.21. The molecule has 0 atom stereocenters. The van der Waals surface area contributed by atoms with Crippen molar-refractivity contribution in [3.05, 3.63) is 53.3 Å². The molecule has 0 fully saturated rings. The lowest BCUT2D eigenvalue weighted by molar-refractivity contribution is 0.216. The predicted octanol–water partition coefficient (Wildman–Crippen LogP) is 2.91. The number of aromatic nitrogens is 1. The van der Waals surface area contributed by atoms with E-state index in [1.54, 1.807) is 18.5 Å². The van der Waals surface area contributed by atoms with Crippen LogP contribution in [0.1, 0.15) is 5.56 Å². The van der Waals surface area contributed by atoms with E-state index in [1.165, 1.54) is 5.56 Å². The fraction of sp³-hybridized carbons (Fsp3) is 0.267. The molecule has 1 heterocycles. The highest BCUT2D eigenvalue weighted by atomic mass is 35.5. The summed E-state index contributed by atoms with van der Waals surface area (Å²) in [5.74, 6) is 1.48. The van der Waals surface area contributed by atoms with Gasteiger partial charge in [0.1, 0.15) is 24.7 Å². The molecule has 1 N–H and O–H groups in total. The molecule has 1 aromatic heterocycles. The van der Waals surface area contributed by atoms with Crippen LogP contribution in [0.15, 0.2) is 42.7 Å². The molecular formula is C15H17ClN2O2. The molecule has 20 heavy (non-hydrogen) atoms. The molecule has 0 aliphatic heterocycles. The van der Waals surface area contributed by atoms with Crippen molar-refractivity contribution in [2.75, 3.05) is 20.3 Å². The van der Waals surface area contributed by atoms with E-state index in [9.17, 15) is 0 Å². The lowest BCUT2D eigenvalue weighted by atomic mass is 10.2. The number of benzene rings is 1. The normalized spacial score (nSPS) is 10.3. The van der Waals surface area contributed by atoms with Gasteiger partial charge in [0, 0.05) is 18.8 Å². The molecule has 0 bridgehead atoms. The quantitative estimate of drug-likeness (QED) is 0.797. The fourth-order valence-electron chi connectivity index (χ4n) is 1.74. The van der Waals surface area contributed by atoms with Gasteiger partial charge in [0.15, 0.2) is 0 Å². The summed E-state index contributed by atoms with van der Waals surface area (Å²) < 4.78 is 11.1. The van der Waals surface area contributed by atoms with Gasteiger partial charge in [0.2, 0.25) is 0 Å². The number of ether oxygens (including phenoxy) is 2. The van der Waals surface area contributed by atoms with Crippen LogP contribution in [-0.4, -0.2) is 25.2 Å². The number of nitrogens with zero attached hydrogens (tertiary/aromatic N) is 1. The monoisotopic (exact) mass is 292 g/mol. The Hall–Kier alpha value is -1.78. The summed E-state index contributed by atoms with van der Waals surface area (Å²) in [6.45, 7) is 1.73. The van der Waals surface area contributed by atoms with Crippen LogP contribution in [0.4, 0.5) is 0 Å². The van der Waals surface area contributed by atoms with E-state index >= 15 is 0 Å². The molecular weight excluding hydrogens is 276 g/mol. The third kappa shape index (κ3) is 4.72. The second kappa shape index (κ2) is 7.72. The van der Waals surface area contributed by atoms with Crippen molar-refractivity contribution in [3.63, 3.8) is 0 Å². The molecule has 4 nitrogen and oxygen atoms in total. The Balaban J connectivity index is 1.77. The zero-order valence-electron chi connectivity index (χ0n) is 11.3. The smallest absolute Gasteiger partial charge is 0.139 e. The first-order valence-electron chi connectivity index (χ1n) is 6.37. The predicted molar refractivity (Wildman–Crippen MR) is 79.4 cm³/mol. The van der Waals surface area contributed by atoms with Crippen molar-refractivity contribution in [1.29, 1.82) is 0 Å². The minimum atomic E-state index is 0.443. The Labute approximate surface area is 123 Å². The summed E-state index contributed by atoms with van der Waals surface area (Å²) in [7, 11) is 1.92. The molecule has 0 aliphatic rings. The molecule has 0 spiro atoms. The minimum Gasteiger partial charge on any atom is -0.490 e. The molecule has 0 saturated carbocycles. The van der Waals surface area contributed by atoms with Gasteiger partial charge in [-0.05, 0) is 24.7 Å². The number of hydrogen-bond acceptors (Lipinski definition) is 4. The third-order valence-electron chi connectivity index (χ3n) is 2.58. The topological polar surface area (TPSA) is 43.4 Å². The van der Waals surface area contributed by atoms with Gasteiger partial charge in [-0.15, -0.1) is 0 Å². The first-order valence-corrected chi connectivity index (χ1v) is 6.75. The number of hydrogen-bond donors (Lipinski definition) is 1. The lowest BCUT2D eigenvalue weighted by Gasteiger charge is -2.09. The average Bonchev–Trinajstić information content (AvgIpc) is 2.45. The molecule has 2 rings (SSSR count). The van der Waals surface area contributed by atoms with Gasteiger partial charge in [-0.3, -0.25) is 4.98 Å². The maximum Gasteiger partial charge on any atom is 0.139 e. The highest BCUT2D eigenvalue weighted by molar-refractivity contribution is 6.30. The van der Waals surface area contributed by atoms with E-state index in [0.717, 1.165) is 12.3 Å². The van der Waals surface area contributed by atoms with Crippen molar-refractivity contribution in [2.24, 2.45) is 0 Å². The Morgan fingerprint density at radius 3 is 2.65 bits per heavy atom. The summed E-state index contributed by atoms with van der Waals surface area (Å²) in [5, 5.41) is 3.66. The van der Waals surface area contributed by atoms with Crippen molar-refractivity contribution >= 4 is 11.6 Å². The van der Waals surface area contributed by atoms with Gasteiger partial charge in [0.25, 0.3) is 0 Å². The standard InChI is InChI=1S/C15H17ClN2O2/c1-17-9-12-3-2-4-14(7-12)19-5-6-20-15-8-13(16)10-18-11-15/h2-4,7-8,10-11,17H,5-6,9H2,1H3. The van der Waals surface area contributed by atoms with Gasteiger partial charge >= 0.3 is 0 Å². The van der Waals surface area contributed by atoms with Gasteiger partial charge in [0.05, 0.1) is 11.2 Å². The molecule has 0 radical (unpaired) electrons. The van der Waals surface area contributed by atoms with Crippen LogP contribution in [0, 0.1) is 0 Å². The molecule has 106 valence electrons. The molecule has 5 heteroatoms. The van der Waals surface area contributed by atoms with E-state index in [0.29, 0.717) is 24.0 Å². The van der Waals surface area contributed by atoms with Crippen LogP contribution in [0.2, 0.25) is 5.02 Å². The summed E-state index contributed by atoms with van der Waals surface area (Å²) in [6.07, 6.45) is 3.19. The van der Waals surface area contributed by atoms with Crippen LogP contribution in [0.25, 0.3) is 0 Å². The van der Waals surface area contributed by atoms with Crippen LogP contribution >= 0.6 is 11.6 Å². The highest BCUT2D eigenvalue weighted by Crippen LogP contribution is 2.16. The van der Waals surface area contributed by atoms with Crippen molar-refractivity contribution in [2.45, 2.75) is 6.54 Å². The molecule has 0 saturated heterocycles. The molecule has 0 unspecified atom stereocenters. The van der Waals surface area contributed by atoms with Gasteiger partial charge < -0.3 is 14.8 Å². The third-order valence-corrected chi connectivity index (χ3v) is 2.79. The van der Waals surface area contributed by atoms with E-state index in [1.807, 2.05) is 25.2 Å². The number of rotatable bonds is 7. The molecule has 2 aromatic rings. The highest BCUT2D eigenvalue weighted by Gasteiger charge is 1.98. The Kier molecular flexibility index (Phi) is 5.65. The lowest BCUT2D eigenvalue weighted by Crippen LogP contribution is -2.10. The summed E-state index contributed by atoms with van der Waals surface area (Å²) >= 11 is 5.82. The number of nitrogens with one attached hydrogen (secondary N) is 1. The second-order valence-corrected chi connectivity index (χ2v) is 4.65. The number of halogens is 1. The van der Waals surface area contributed by atoms with Gasteiger partial charge in [-0.25, -0.2) is 0 Å². The molecule has 0 aliphatic carbocycles. The zero-order chi connectivity index (χ0) is 14.2. The first-order chi connectivity index (χ1) is 9.78. The average molecular weight is 293 g/mol. The van der Waals surface area contributed by atoms with Gasteiger partial charge in [-0.2, -0.15) is 0 Å². The van der Waals surface area contributed by atoms with Crippen molar-refractivity contribution in [1.82, 2.24) is 10.3 Å². The summed E-state index contributed by atoms with van der Waals surface area (Å²) in [6, 6.07) is 9.70. The van der Waals surface area contributed by atoms with Crippen LogP contribution < -0.4 is 14.8 Å². The Morgan fingerprint density at radius 2 is 1.90 bits per heavy atom. The van der Waals surface area contributed by atoms with Crippen LogP contribution in [-0.2, 0) is 6.54 Å². The Morgan fingerprint density at radius 1 is 1.10 bits per heavy atom. The summed E-state index contributed by atoms with van der Waals surface area (Å²) in [4.78, 5) is 3.95. The SMILES string of the molecule is CNCc1cccc(OCCOc2cncc(Cl)c2)c1. The van der Waals surface area contributed by atoms with Crippen molar-refractivity contribution in [3.8, 4) is 11.5 Å². The van der Waals surface area contributed by atoms with Gasteiger partial charge in [-0.1, -0.05) is 23.7 Å². The summed E-state index contributed by atoms with van der Waals surface area (Å²) in [5.41, 5.74) is 1.19. The van der Waals surface area contributed by atoms with Crippen LogP contribution in [0.5, 0.6) is 11.5 Å². The Bertz CT molecular complexity index is 549. The minimum absolute atomic E-state index is 0.443. The van der Waals surface area contributed by atoms with E-state index in [-0.39, 0.29) is 0 Å². The first kappa shape index (κ1) is 14.6. The zero-order valence-corrected chi connectivity index (χ0v) is 12.1. The fourth-order valence-corrected chi connectivity index (χ4v) is 1.90.